The van der Waals surface area contributed by atoms with E-state index in [0.29, 0.717) is 0 Å². The van der Waals surface area contributed by atoms with Crippen LogP contribution in [-0.4, -0.2) is 34.2 Å². The van der Waals surface area contributed by atoms with E-state index in [-0.39, 0.29) is 5.91 Å². The number of fused-ring (bicyclic) bond motifs is 1. The molecule has 1 heterocycles. The second-order valence-corrected chi connectivity index (χ2v) is 5.10. The minimum atomic E-state index is 0.0852. The summed E-state index contributed by atoms with van der Waals surface area (Å²) in [5.41, 5.74) is 1.60. The molecule has 100 valence electrons. The van der Waals surface area contributed by atoms with Gasteiger partial charge in [0, 0.05) is 35.6 Å². The highest BCUT2D eigenvalue weighted by molar-refractivity contribution is 9.09. The highest BCUT2D eigenvalue weighted by Crippen LogP contribution is 2.18. The number of carbonyl (C=O) groups excluding carboxylic acids is 1. The van der Waals surface area contributed by atoms with Crippen molar-refractivity contribution in [2.24, 2.45) is 0 Å². The Morgan fingerprint density at radius 3 is 2.89 bits per heavy atom. The van der Waals surface area contributed by atoms with E-state index >= 15 is 0 Å². The van der Waals surface area contributed by atoms with E-state index in [1.54, 1.807) is 6.20 Å². The average molecular weight is 321 g/mol. The van der Waals surface area contributed by atoms with E-state index in [2.05, 4.69) is 20.9 Å². The Bertz CT molecular complexity index is 566. The number of alkyl halides is 1. The van der Waals surface area contributed by atoms with Gasteiger partial charge in [0.15, 0.2) is 0 Å². The first-order chi connectivity index (χ1) is 9.27. The number of pyridine rings is 1. The molecule has 0 aliphatic rings. The molecule has 0 unspecified atom stereocenters. The molecule has 4 heteroatoms. The molecule has 0 N–H and O–H groups in total. The molecule has 0 aliphatic heterocycles. The number of carbonyl (C=O) groups is 1. The second-order valence-electron chi connectivity index (χ2n) is 4.30. The fourth-order valence-corrected chi connectivity index (χ4v) is 2.36. The molecule has 0 saturated heterocycles. The summed E-state index contributed by atoms with van der Waals surface area (Å²) in [6.45, 7) is 3.51. The maximum absolute atomic E-state index is 12.6. The summed E-state index contributed by atoms with van der Waals surface area (Å²) in [6.07, 6.45) is 2.71. The third kappa shape index (κ3) is 3.13. The predicted molar refractivity (Wildman–Crippen MR) is 81.7 cm³/mol. The Kier molecular flexibility index (Phi) is 4.91. The maximum Gasteiger partial charge on any atom is 0.254 e. The summed E-state index contributed by atoms with van der Waals surface area (Å²) in [7, 11) is 0. The van der Waals surface area contributed by atoms with Crippen molar-refractivity contribution in [1.82, 2.24) is 9.88 Å². The highest BCUT2D eigenvalue weighted by Gasteiger charge is 2.16. The summed E-state index contributed by atoms with van der Waals surface area (Å²) < 4.78 is 0. The minimum absolute atomic E-state index is 0.0852. The number of aromatic nitrogens is 1. The molecule has 1 aromatic carbocycles. The van der Waals surface area contributed by atoms with Crippen LogP contribution in [0.15, 0.2) is 36.5 Å². The van der Waals surface area contributed by atoms with Crippen LogP contribution in [0.1, 0.15) is 23.7 Å². The van der Waals surface area contributed by atoms with Crippen molar-refractivity contribution in [1.29, 1.82) is 0 Å². The quantitative estimate of drug-likeness (QED) is 0.790. The van der Waals surface area contributed by atoms with Crippen LogP contribution in [0.5, 0.6) is 0 Å². The first-order valence-corrected chi connectivity index (χ1v) is 7.59. The lowest BCUT2D eigenvalue weighted by Gasteiger charge is -2.21. The van der Waals surface area contributed by atoms with Crippen LogP contribution in [0.2, 0.25) is 0 Å². The van der Waals surface area contributed by atoms with Crippen LogP contribution in [-0.2, 0) is 0 Å². The van der Waals surface area contributed by atoms with Gasteiger partial charge in [-0.15, -0.1) is 0 Å². The first-order valence-electron chi connectivity index (χ1n) is 6.47. The summed E-state index contributed by atoms with van der Waals surface area (Å²) in [5.74, 6) is 0.0852. The van der Waals surface area contributed by atoms with E-state index in [4.69, 9.17) is 0 Å². The molecule has 0 atom stereocenters. The first kappa shape index (κ1) is 14.0. The molecule has 1 amide bonds. The molecule has 0 saturated carbocycles. The van der Waals surface area contributed by atoms with Gasteiger partial charge in [0.05, 0.1) is 5.52 Å². The Balaban J connectivity index is 2.35. The Morgan fingerprint density at radius 2 is 2.16 bits per heavy atom. The van der Waals surface area contributed by atoms with E-state index in [9.17, 15) is 4.79 Å². The molecule has 0 bridgehead atoms. The van der Waals surface area contributed by atoms with E-state index in [0.717, 1.165) is 41.3 Å². The fraction of sp³-hybridized carbons (Fsp3) is 0.333. The number of benzene rings is 1. The van der Waals surface area contributed by atoms with Gasteiger partial charge in [-0.2, -0.15) is 0 Å². The molecular formula is C15H17BrN2O. The number of rotatable bonds is 5. The number of amides is 1. The van der Waals surface area contributed by atoms with Gasteiger partial charge in [0.2, 0.25) is 0 Å². The molecule has 2 rings (SSSR count). The lowest BCUT2D eigenvalue weighted by atomic mass is 10.1. The molecule has 3 nitrogen and oxygen atoms in total. The van der Waals surface area contributed by atoms with Crippen LogP contribution in [0.3, 0.4) is 0 Å². The van der Waals surface area contributed by atoms with Crippen LogP contribution in [0.25, 0.3) is 10.9 Å². The monoisotopic (exact) mass is 320 g/mol. The molecule has 19 heavy (non-hydrogen) atoms. The molecular weight excluding hydrogens is 304 g/mol. The van der Waals surface area contributed by atoms with Gasteiger partial charge in [-0.05, 0) is 31.5 Å². The van der Waals surface area contributed by atoms with Crippen LogP contribution >= 0.6 is 15.9 Å². The molecule has 0 radical (unpaired) electrons. The smallest absolute Gasteiger partial charge is 0.254 e. The number of halogens is 1. The Labute approximate surface area is 121 Å². The van der Waals surface area contributed by atoms with Crippen molar-refractivity contribution in [3.05, 3.63) is 42.1 Å². The average Bonchev–Trinajstić information content (AvgIpc) is 2.47. The van der Waals surface area contributed by atoms with Crippen LogP contribution < -0.4 is 0 Å². The van der Waals surface area contributed by atoms with Crippen molar-refractivity contribution in [2.75, 3.05) is 18.4 Å². The van der Waals surface area contributed by atoms with Crippen LogP contribution in [0.4, 0.5) is 0 Å². The largest absolute Gasteiger partial charge is 0.339 e. The lowest BCUT2D eigenvalue weighted by molar-refractivity contribution is 0.0767. The zero-order chi connectivity index (χ0) is 13.7. The van der Waals surface area contributed by atoms with Crippen molar-refractivity contribution in [3.63, 3.8) is 0 Å². The number of hydrogen-bond donors (Lipinski definition) is 0. The Hall–Kier alpha value is -1.42. The molecule has 2 aromatic rings. The van der Waals surface area contributed by atoms with Gasteiger partial charge in [0.25, 0.3) is 5.91 Å². The molecule has 1 aromatic heterocycles. The van der Waals surface area contributed by atoms with Crippen molar-refractivity contribution in [3.8, 4) is 0 Å². The van der Waals surface area contributed by atoms with Crippen molar-refractivity contribution < 1.29 is 4.79 Å². The maximum atomic E-state index is 12.6. The number of hydrogen-bond acceptors (Lipinski definition) is 2. The van der Waals surface area contributed by atoms with Crippen LogP contribution in [0, 0.1) is 0 Å². The van der Waals surface area contributed by atoms with Gasteiger partial charge < -0.3 is 4.90 Å². The van der Waals surface area contributed by atoms with Gasteiger partial charge in [-0.25, -0.2) is 0 Å². The normalized spacial score (nSPS) is 10.6. The summed E-state index contributed by atoms with van der Waals surface area (Å²) in [5, 5.41) is 1.83. The predicted octanol–water partition coefficient (Wildman–Crippen LogP) is 3.48. The van der Waals surface area contributed by atoms with E-state index < -0.39 is 0 Å². The molecule has 0 spiro atoms. The zero-order valence-corrected chi connectivity index (χ0v) is 12.6. The highest BCUT2D eigenvalue weighted by atomic mass is 79.9. The zero-order valence-electron chi connectivity index (χ0n) is 11.0. The fourth-order valence-electron chi connectivity index (χ4n) is 2.11. The summed E-state index contributed by atoms with van der Waals surface area (Å²) >= 11 is 3.40. The van der Waals surface area contributed by atoms with E-state index in [1.807, 2.05) is 42.2 Å². The second kappa shape index (κ2) is 6.66. The summed E-state index contributed by atoms with van der Waals surface area (Å²) in [4.78, 5) is 18.7. The topological polar surface area (TPSA) is 33.2 Å². The number of nitrogens with zero attached hydrogens (tertiary/aromatic N) is 2. The van der Waals surface area contributed by atoms with Gasteiger partial charge >= 0.3 is 0 Å². The van der Waals surface area contributed by atoms with Crippen molar-refractivity contribution >= 4 is 32.7 Å². The van der Waals surface area contributed by atoms with Crippen molar-refractivity contribution in [2.45, 2.75) is 13.3 Å². The third-order valence-electron chi connectivity index (χ3n) is 3.11. The van der Waals surface area contributed by atoms with E-state index in [1.165, 1.54) is 0 Å². The standard InChI is InChI=1S/C15H17BrN2O/c1-2-18(11-5-9-16)15(19)13-6-3-8-14-12(13)7-4-10-17-14/h3-4,6-8,10H,2,5,9,11H2,1H3. The SMILES string of the molecule is CCN(CCCBr)C(=O)c1cccc2ncccc12. The third-order valence-corrected chi connectivity index (χ3v) is 3.67. The van der Waals surface area contributed by atoms with Gasteiger partial charge in [-0.3, -0.25) is 9.78 Å². The van der Waals surface area contributed by atoms with Gasteiger partial charge in [-0.1, -0.05) is 28.1 Å². The van der Waals surface area contributed by atoms with Gasteiger partial charge in [0.1, 0.15) is 0 Å². The molecule has 0 aliphatic carbocycles. The minimum Gasteiger partial charge on any atom is -0.339 e. The lowest BCUT2D eigenvalue weighted by Crippen LogP contribution is -2.32. The molecule has 0 fully saturated rings. The summed E-state index contributed by atoms with van der Waals surface area (Å²) in [6, 6.07) is 9.52. The Morgan fingerprint density at radius 1 is 1.32 bits per heavy atom.